The maximum Gasteiger partial charge on any atom is 0.274 e. The van der Waals surface area contributed by atoms with Crippen molar-refractivity contribution in [3.8, 4) is 0 Å². The lowest BCUT2D eigenvalue weighted by Gasteiger charge is -2.35. The maximum absolute atomic E-state index is 13.0. The van der Waals surface area contributed by atoms with Gasteiger partial charge < -0.3 is 4.90 Å². The van der Waals surface area contributed by atoms with Crippen molar-refractivity contribution in [2.24, 2.45) is 0 Å². The topological polar surface area (TPSA) is 50.5 Å². The van der Waals surface area contributed by atoms with E-state index >= 15 is 0 Å². The molecule has 1 atom stereocenters. The number of thiophene rings is 1. The van der Waals surface area contributed by atoms with Crippen LogP contribution < -0.4 is 5.46 Å². The maximum atomic E-state index is 13.0. The van der Waals surface area contributed by atoms with Gasteiger partial charge >= 0.3 is 0 Å². The van der Waals surface area contributed by atoms with Crippen LogP contribution in [0.4, 0.5) is 0 Å². The van der Waals surface area contributed by atoms with Gasteiger partial charge in [-0.3, -0.25) is 4.79 Å². The van der Waals surface area contributed by atoms with Gasteiger partial charge in [0.1, 0.15) is 7.85 Å². The van der Waals surface area contributed by atoms with Crippen LogP contribution in [0.15, 0.2) is 29.9 Å². The molecule has 1 unspecified atom stereocenters. The number of fused-ring (bicyclic) bond motifs is 2. The first-order valence-electron chi connectivity index (χ1n) is 7.86. The first-order valence-corrected chi connectivity index (χ1v) is 8.74. The molecule has 3 aromatic heterocycles. The Labute approximate surface area is 139 Å². The highest BCUT2D eigenvalue weighted by Crippen LogP contribution is 2.35. The van der Waals surface area contributed by atoms with Gasteiger partial charge in [0.15, 0.2) is 11.3 Å². The standard InChI is InChI=1S/C16H17BN4OS/c1-2-13-11-4-6-23-14(11)3-5-20(13)16(22)12-7-15-18-8-10(17)9-21(15)19-12/h4,6-9,13H,2-3,5,17H2,1H3. The highest BCUT2D eigenvalue weighted by Gasteiger charge is 2.32. The lowest BCUT2D eigenvalue weighted by atomic mass is 9.97. The molecule has 0 fully saturated rings. The van der Waals surface area contributed by atoms with Crippen LogP contribution in [0.2, 0.25) is 0 Å². The predicted molar refractivity (Wildman–Crippen MR) is 93.3 cm³/mol. The summed E-state index contributed by atoms with van der Waals surface area (Å²) in [7, 11) is 1.96. The van der Waals surface area contributed by atoms with E-state index in [0.717, 1.165) is 24.8 Å². The average molecular weight is 324 g/mol. The fraction of sp³-hybridized carbons (Fsp3) is 0.312. The van der Waals surface area contributed by atoms with Crippen molar-refractivity contribution in [3.63, 3.8) is 0 Å². The number of amides is 1. The Balaban J connectivity index is 1.70. The van der Waals surface area contributed by atoms with Gasteiger partial charge in [0.2, 0.25) is 0 Å². The lowest BCUT2D eigenvalue weighted by molar-refractivity contribution is 0.0651. The second kappa shape index (κ2) is 5.49. The molecule has 1 amide bonds. The van der Waals surface area contributed by atoms with Crippen molar-refractivity contribution in [3.05, 3.63) is 46.0 Å². The highest BCUT2D eigenvalue weighted by atomic mass is 32.1. The van der Waals surface area contributed by atoms with E-state index in [4.69, 9.17) is 0 Å². The smallest absolute Gasteiger partial charge is 0.274 e. The van der Waals surface area contributed by atoms with Crippen LogP contribution >= 0.6 is 11.3 Å². The summed E-state index contributed by atoms with van der Waals surface area (Å²) in [5, 5.41) is 6.55. The van der Waals surface area contributed by atoms with Crippen LogP contribution in [-0.2, 0) is 6.42 Å². The van der Waals surface area contributed by atoms with Gasteiger partial charge in [-0.25, -0.2) is 9.50 Å². The fourth-order valence-electron chi connectivity index (χ4n) is 3.30. The zero-order chi connectivity index (χ0) is 16.0. The molecule has 0 radical (unpaired) electrons. The molecule has 0 saturated heterocycles. The van der Waals surface area contributed by atoms with E-state index in [1.54, 1.807) is 28.1 Å². The van der Waals surface area contributed by atoms with Crippen LogP contribution in [0.3, 0.4) is 0 Å². The van der Waals surface area contributed by atoms with Crippen molar-refractivity contribution in [1.82, 2.24) is 19.5 Å². The van der Waals surface area contributed by atoms with E-state index in [1.807, 2.05) is 18.9 Å². The zero-order valence-electron chi connectivity index (χ0n) is 13.2. The third-order valence-electron chi connectivity index (χ3n) is 4.40. The largest absolute Gasteiger partial charge is 0.330 e. The monoisotopic (exact) mass is 324 g/mol. The zero-order valence-corrected chi connectivity index (χ0v) is 14.0. The third kappa shape index (κ3) is 2.35. The first-order chi connectivity index (χ1) is 11.2. The molecule has 23 heavy (non-hydrogen) atoms. The van der Waals surface area contributed by atoms with Crippen molar-refractivity contribution in [2.45, 2.75) is 25.8 Å². The van der Waals surface area contributed by atoms with Crippen LogP contribution in [0.5, 0.6) is 0 Å². The molecule has 0 aromatic carbocycles. The number of aromatic nitrogens is 3. The second-order valence-electron chi connectivity index (χ2n) is 5.94. The molecule has 116 valence electrons. The Morgan fingerprint density at radius 1 is 1.52 bits per heavy atom. The molecule has 0 spiro atoms. The summed E-state index contributed by atoms with van der Waals surface area (Å²) in [5.41, 5.74) is 3.50. The summed E-state index contributed by atoms with van der Waals surface area (Å²) >= 11 is 1.79. The highest BCUT2D eigenvalue weighted by molar-refractivity contribution is 7.10. The average Bonchev–Trinajstić information content (AvgIpc) is 3.18. The second-order valence-corrected chi connectivity index (χ2v) is 6.94. The van der Waals surface area contributed by atoms with E-state index in [-0.39, 0.29) is 11.9 Å². The molecule has 0 N–H and O–H groups in total. The summed E-state index contributed by atoms with van der Waals surface area (Å²) in [6.07, 6.45) is 5.53. The molecule has 3 aromatic rings. The Morgan fingerprint density at radius 3 is 3.22 bits per heavy atom. The van der Waals surface area contributed by atoms with Crippen molar-refractivity contribution in [1.29, 1.82) is 0 Å². The predicted octanol–water partition coefficient (Wildman–Crippen LogP) is 1.20. The number of carbonyl (C=O) groups is 1. The van der Waals surface area contributed by atoms with Gasteiger partial charge in [0.05, 0.1) is 6.04 Å². The normalized spacial score (nSPS) is 17.4. The van der Waals surface area contributed by atoms with Gasteiger partial charge in [0.25, 0.3) is 5.91 Å². The van der Waals surface area contributed by atoms with Crippen molar-refractivity contribution < 1.29 is 4.79 Å². The van der Waals surface area contributed by atoms with Gasteiger partial charge in [-0.15, -0.1) is 11.3 Å². The summed E-state index contributed by atoms with van der Waals surface area (Å²) in [5.74, 6) is -0.00291. The van der Waals surface area contributed by atoms with E-state index in [9.17, 15) is 4.79 Å². The number of nitrogens with zero attached hydrogens (tertiary/aromatic N) is 4. The van der Waals surface area contributed by atoms with Crippen molar-refractivity contribution >= 4 is 36.2 Å². The van der Waals surface area contributed by atoms with E-state index in [1.165, 1.54) is 10.4 Å². The molecule has 1 aliphatic rings. The summed E-state index contributed by atoms with van der Waals surface area (Å²) < 4.78 is 1.68. The van der Waals surface area contributed by atoms with Crippen molar-refractivity contribution in [2.75, 3.05) is 6.54 Å². The third-order valence-corrected chi connectivity index (χ3v) is 5.40. The molecule has 5 nitrogen and oxygen atoms in total. The molecule has 4 rings (SSSR count). The molecule has 7 heteroatoms. The minimum Gasteiger partial charge on any atom is -0.330 e. The Bertz CT molecular complexity index is 887. The Hall–Kier alpha value is -2.15. The minimum atomic E-state index is -0.00291. The summed E-state index contributed by atoms with van der Waals surface area (Å²) in [6.45, 7) is 2.89. The van der Waals surface area contributed by atoms with Crippen LogP contribution in [0.25, 0.3) is 5.65 Å². The SMILES string of the molecule is Bc1cnc2cc(C(=O)N3CCc4sccc4C3CC)nn2c1. The fourth-order valence-corrected chi connectivity index (χ4v) is 4.23. The van der Waals surface area contributed by atoms with Gasteiger partial charge in [-0.1, -0.05) is 12.4 Å². The van der Waals surface area contributed by atoms with Gasteiger partial charge in [-0.2, -0.15) is 5.10 Å². The van der Waals surface area contributed by atoms with E-state index in [2.05, 4.69) is 28.5 Å². The molecule has 1 aliphatic heterocycles. The minimum absolute atomic E-state index is 0.00291. The molecular formula is C16H17BN4OS. The quantitative estimate of drug-likeness (QED) is 0.666. The number of carbonyl (C=O) groups excluding carboxylic acids is 1. The van der Waals surface area contributed by atoms with Gasteiger partial charge in [0, 0.05) is 29.9 Å². The molecular weight excluding hydrogens is 307 g/mol. The lowest BCUT2D eigenvalue weighted by Crippen LogP contribution is -2.39. The molecule has 4 heterocycles. The number of hydrogen-bond acceptors (Lipinski definition) is 4. The Morgan fingerprint density at radius 2 is 2.39 bits per heavy atom. The molecule has 0 aliphatic carbocycles. The van der Waals surface area contributed by atoms with Crippen LogP contribution in [0.1, 0.15) is 40.3 Å². The molecule has 0 saturated carbocycles. The summed E-state index contributed by atoms with van der Waals surface area (Å²) in [6, 6.07) is 4.08. The summed E-state index contributed by atoms with van der Waals surface area (Å²) in [4.78, 5) is 20.7. The van der Waals surface area contributed by atoms with Crippen LogP contribution in [-0.4, -0.2) is 39.8 Å². The Kier molecular flexibility index (Phi) is 3.45. The van der Waals surface area contributed by atoms with E-state index in [0.29, 0.717) is 11.3 Å². The van der Waals surface area contributed by atoms with E-state index < -0.39 is 0 Å². The number of hydrogen-bond donors (Lipinski definition) is 0. The van der Waals surface area contributed by atoms with Crippen LogP contribution in [0, 0.1) is 0 Å². The first kappa shape index (κ1) is 14.4. The van der Waals surface area contributed by atoms with Gasteiger partial charge in [-0.05, 0) is 29.9 Å². The number of rotatable bonds is 2. The molecule has 0 bridgehead atoms.